The highest BCUT2D eigenvalue weighted by atomic mass is 32.2. The summed E-state index contributed by atoms with van der Waals surface area (Å²) in [6.45, 7) is 3.92. The number of hydrogen-bond donors (Lipinski definition) is 2. The van der Waals surface area contributed by atoms with Crippen LogP contribution in [0, 0.1) is 6.92 Å². The zero-order chi connectivity index (χ0) is 25.4. The monoisotopic (exact) mass is 493 g/mol. The molecule has 0 saturated heterocycles. The standard InChI is InChI=1S/C27H31N3O4S/c1-20-12-7-10-17-25(20)30(35(3,33)34)19-11-18-26(31)29-24-16-9-8-15-23(24)27(32)28-21(2)22-13-5-4-6-14-22/h4-10,12-17,21H,11,18-19H2,1-3H3,(H,28,32)(H,29,31)/t21-/m0/s1. The highest BCUT2D eigenvalue weighted by Gasteiger charge is 2.20. The maximum absolute atomic E-state index is 12.9. The Morgan fingerprint density at radius 2 is 1.54 bits per heavy atom. The lowest BCUT2D eigenvalue weighted by Crippen LogP contribution is -2.32. The van der Waals surface area contributed by atoms with Gasteiger partial charge in [0.2, 0.25) is 15.9 Å². The van der Waals surface area contributed by atoms with Crippen molar-refractivity contribution in [3.8, 4) is 0 Å². The number of nitrogens with one attached hydrogen (secondary N) is 2. The van der Waals surface area contributed by atoms with Crippen LogP contribution in [-0.4, -0.2) is 33.0 Å². The first-order valence-electron chi connectivity index (χ1n) is 11.4. The van der Waals surface area contributed by atoms with Crippen molar-refractivity contribution in [3.63, 3.8) is 0 Å². The first kappa shape index (κ1) is 26.0. The summed E-state index contributed by atoms with van der Waals surface area (Å²) in [4.78, 5) is 25.6. The van der Waals surface area contributed by atoms with Gasteiger partial charge < -0.3 is 10.6 Å². The van der Waals surface area contributed by atoms with Gasteiger partial charge in [0.05, 0.1) is 29.2 Å². The number of anilines is 2. The molecule has 0 heterocycles. The number of amides is 2. The Bertz CT molecular complexity index is 1280. The fraction of sp³-hybridized carbons (Fsp3) is 0.259. The Kier molecular flexibility index (Phi) is 8.65. The molecule has 0 fully saturated rings. The zero-order valence-corrected chi connectivity index (χ0v) is 21.0. The number of carbonyl (C=O) groups excluding carboxylic acids is 2. The van der Waals surface area contributed by atoms with Crippen LogP contribution >= 0.6 is 0 Å². The van der Waals surface area contributed by atoms with E-state index < -0.39 is 10.0 Å². The lowest BCUT2D eigenvalue weighted by Gasteiger charge is -2.24. The number of sulfonamides is 1. The third-order valence-corrected chi connectivity index (χ3v) is 6.82. The molecule has 0 spiro atoms. The van der Waals surface area contributed by atoms with Crippen LogP contribution in [0.25, 0.3) is 0 Å². The van der Waals surface area contributed by atoms with Crippen molar-refractivity contribution in [1.29, 1.82) is 0 Å². The molecular weight excluding hydrogens is 462 g/mol. The van der Waals surface area contributed by atoms with E-state index in [1.807, 2.05) is 56.3 Å². The molecule has 3 aromatic rings. The van der Waals surface area contributed by atoms with Gasteiger partial charge in [0.1, 0.15) is 0 Å². The molecule has 0 unspecified atom stereocenters. The second-order valence-electron chi connectivity index (χ2n) is 8.42. The van der Waals surface area contributed by atoms with Crippen LogP contribution in [0.5, 0.6) is 0 Å². The summed E-state index contributed by atoms with van der Waals surface area (Å²) >= 11 is 0. The summed E-state index contributed by atoms with van der Waals surface area (Å²) in [7, 11) is -3.50. The lowest BCUT2D eigenvalue weighted by atomic mass is 10.1. The second-order valence-corrected chi connectivity index (χ2v) is 10.3. The van der Waals surface area contributed by atoms with Gasteiger partial charge in [0.15, 0.2) is 0 Å². The number of hydrogen-bond acceptors (Lipinski definition) is 4. The SMILES string of the molecule is Cc1ccccc1N(CCCC(=O)Nc1ccccc1C(=O)N[C@@H](C)c1ccccc1)S(C)(=O)=O. The molecule has 0 radical (unpaired) electrons. The minimum atomic E-state index is -3.50. The van der Waals surface area contributed by atoms with Gasteiger partial charge in [-0.1, -0.05) is 60.7 Å². The molecule has 7 nitrogen and oxygen atoms in total. The third-order valence-electron chi connectivity index (χ3n) is 5.64. The summed E-state index contributed by atoms with van der Waals surface area (Å²) < 4.78 is 26.0. The van der Waals surface area contributed by atoms with Crippen LogP contribution in [-0.2, 0) is 14.8 Å². The molecule has 3 aromatic carbocycles. The van der Waals surface area contributed by atoms with Gasteiger partial charge in [0, 0.05) is 13.0 Å². The van der Waals surface area contributed by atoms with E-state index in [-0.39, 0.29) is 30.8 Å². The van der Waals surface area contributed by atoms with E-state index in [0.29, 0.717) is 23.4 Å². The Morgan fingerprint density at radius 3 is 2.23 bits per heavy atom. The predicted octanol–water partition coefficient (Wildman–Crippen LogP) is 4.67. The predicted molar refractivity (Wildman–Crippen MR) is 140 cm³/mol. The van der Waals surface area contributed by atoms with Crippen LogP contribution in [0.4, 0.5) is 11.4 Å². The van der Waals surface area contributed by atoms with Crippen molar-refractivity contribution in [2.24, 2.45) is 0 Å². The molecule has 0 aromatic heterocycles. The first-order chi connectivity index (χ1) is 16.7. The quantitative estimate of drug-likeness (QED) is 0.429. The van der Waals surface area contributed by atoms with Crippen LogP contribution in [0.1, 0.15) is 47.3 Å². The van der Waals surface area contributed by atoms with Crippen LogP contribution in [0.2, 0.25) is 0 Å². The highest BCUT2D eigenvalue weighted by Crippen LogP contribution is 2.23. The van der Waals surface area contributed by atoms with Crippen molar-refractivity contribution in [3.05, 3.63) is 95.6 Å². The van der Waals surface area contributed by atoms with E-state index in [1.54, 1.807) is 36.4 Å². The fourth-order valence-electron chi connectivity index (χ4n) is 3.79. The Labute approximate surface area is 207 Å². The topological polar surface area (TPSA) is 95.6 Å². The van der Waals surface area contributed by atoms with E-state index in [2.05, 4.69) is 10.6 Å². The number of nitrogens with zero attached hydrogens (tertiary/aromatic N) is 1. The molecule has 0 aliphatic heterocycles. The molecular formula is C27H31N3O4S. The highest BCUT2D eigenvalue weighted by molar-refractivity contribution is 7.92. The number of carbonyl (C=O) groups is 2. The molecule has 0 saturated carbocycles. The molecule has 0 aliphatic carbocycles. The Hall–Kier alpha value is -3.65. The van der Waals surface area contributed by atoms with Crippen molar-refractivity contribution in [1.82, 2.24) is 5.32 Å². The fourth-order valence-corrected chi connectivity index (χ4v) is 4.82. The van der Waals surface area contributed by atoms with Gasteiger partial charge >= 0.3 is 0 Å². The Balaban J connectivity index is 1.62. The van der Waals surface area contributed by atoms with Crippen LogP contribution in [0.15, 0.2) is 78.9 Å². The molecule has 1 atom stereocenters. The zero-order valence-electron chi connectivity index (χ0n) is 20.2. The molecule has 0 bridgehead atoms. The van der Waals surface area contributed by atoms with Gasteiger partial charge in [-0.15, -0.1) is 0 Å². The molecule has 2 N–H and O–H groups in total. The van der Waals surface area contributed by atoms with Crippen LogP contribution < -0.4 is 14.9 Å². The summed E-state index contributed by atoms with van der Waals surface area (Å²) in [5.74, 6) is -0.584. The molecule has 3 rings (SSSR count). The lowest BCUT2D eigenvalue weighted by molar-refractivity contribution is -0.116. The number of benzene rings is 3. The van der Waals surface area contributed by atoms with E-state index in [0.717, 1.165) is 17.4 Å². The molecule has 0 aliphatic rings. The van der Waals surface area contributed by atoms with E-state index in [4.69, 9.17) is 0 Å². The van der Waals surface area contributed by atoms with Crippen molar-refractivity contribution in [2.45, 2.75) is 32.7 Å². The van der Waals surface area contributed by atoms with Crippen molar-refractivity contribution >= 4 is 33.2 Å². The molecule has 184 valence electrons. The van der Waals surface area contributed by atoms with Crippen LogP contribution in [0.3, 0.4) is 0 Å². The van der Waals surface area contributed by atoms with Gasteiger partial charge in [-0.05, 0) is 49.6 Å². The Morgan fingerprint density at radius 1 is 0.914 bits per heavy atom. The second kappa shape index (κ2) is 11.7. The maximum atomic E-state index is 12.9. The van der Waals surface area contributed by atoms with E-state index >= 15 is 0 Å². The third kappa shape index (κ3) is 7.16. The number of rotatable bonds is 10. The molecule has 35 heavy (non-hydrogen) atoms. The smallest absolute Gasteiger partial charge is 0.253 e. The number of aryl methyl sites for hydroxylation is 1. The first-order valence-corrected chi connectivity index (χ1v) is 13.3. The normalized spacial score (nSPS) is 12.0. The summed E-state index contributed by atoms with van der Waals surface area (Å²) in [5.41, 5.74) is 3.19. The van der Waals surface area contributed by atoms with Crippen molar-refractivity contribution in [2.75, 3.05) is 22.4 Å². The summed E-state index contributed by atoms with van der Waals surface area (Å²) in [5, 5.41) is 5.76. The molecule has 8 heteroatoms. The summed E-state index contributed by atoms with van der Waals surface area (Å²) in [6.07, 6.45) is 1.59. The maximum Gasteiger partial charge on any atom is 0.253 e. The minimum Gasteiger partial charge on any atom is -0.345 e. The largest absolute Gasteiger partial charge is 0.345 e. The number of para-hydroxylation sites is 2. The van der Waals surface area contributed by atoms with Crippen molar-refractivity contribution < 1.29 is 18.0 Å². The van der Waals surface area contributed by atoms with Gasteiger partial charge in [-0.2, -0.15) is 0 Å². The van der Waals surface area contributed by atoms with E-state index in [9.17, 15) is 18.0 Å². The van der Waals surface area contributed by atoms with E-state index in [1.165, 1.54) is 4.31 Å². The average Bonchev–Trinajstić information content (AvgIpc) is 2.82. The van der Waals surface area contributed by atoms with Gasteiger partial charge in [-0.3, -0.25) is 13.9 Å². The molecule has 2 amide bonds. The van der Waals surface area contributed by atoms with Gasteiger partial charge in [0.25, 0.3) is 5.91 Å². The summed E-state index contributed by atoms with van der Waals surface area (Å²) in [6, 6.07) is 23.5. The van der Waals surface area contributed by atoms with Gasteiger partial charge in [-0.25, -0.2) is 8.42 Å². The average molecular weight is 494 g/mol. The minimum absolute atomic E-state index is 0.105.